The molecule has 1 fully saturated rings. The normalized spacial score (nSPS) is 13.4. The molecule has 3 aromatic rings. The molecule has 1 saturated heterocycles. The molecular formula is C21H23N5O3S. The highest BCUT2D eigenvalue weighted by Crippen LogP contribution is 2.19. The van der Waals surface area contributed by atoms with E-state index < -0.39 is 0 Å². The number of nitrogens with one attached hydrogen (secondary N) is 2. The van der Waals surface area contributed by atoms with Crippen LogP contribution in [0.1, 0.15) is 40.2 Å². The Morgan fingerprint density at radius 1 is 1.23 bits per heavy atom. The van der Waals surface area contributed by atoms with Crippen molar-refractivity contribution in [3.05, 3.63) is 58.6 Å². The van der Waals surface area contributed by atoms with E-state index in [2.05, 4.69) is 25.5 Å². The van der Waals surface area contributed by atoms with Crippen LogP contribution < -0.4 is 15.5 Å². The predicted octanol–water partition coefficient (Wildman–Crippen LogP) is 3.15. The number of anilines is 2. The molecule has 1 aliphatic rings. The second-order valence-corrected chi connectivity index (χ2v) is 8.02. The summed E-state index contributed by atoms with van der Waals surface area (Å²) in [6.45, 7) is 4.25. The number of nitrogens with zero attached hydrogens (tertiary/aromatic N) is 3. The quantitative estimate of drug-likeness (QED) is 0.603. The molecular weight excluding hydrogens is 402 g/mol. The monoisotopic (exact) mass is 425 g/mol. The molecule has 2 N–H and O–H groups in total. The summed E-state index contributed by atoms with van der Waals surface area (Å²) in [4.78, 5) is 35.5. The third kappa shape index (κ3) is 4.85. The molecule has 0 radical (unpaired) electrons. The number of hydrogen-bond donors (Lipinski definition) is 2. The molecule has 3 aromatic heterocycles. The third-order valence-corrected chi connectivity index (χ3v) is 5.75. The minimum absolute atomic E-state index is 0.132. The average Bonchev–Trinajstić information content (AvgIpc) is 3.49. The third-order valence-electron chi connectivity index (χ3n) is 4.95. The van der Waals surface area contributed by atoms with Gasteiger partial charge < -0.3 is 14.6 Å². The number of aryl methyl sites for hydroxylation is 1. The summed E-state index contributed by atoms with van der Waals surface area (Å²) < 4.78 is 5.14. The lowest BCUT2D eigenvalue weighted by molar-refractivity contribution is -0.120. The molecule has 30 heavy (non-hydrogen) atoms. The van der Waals surface area contributed by atoms with Crippen LogP contribution in [-0.4, -0.2) is 34.9 Å². The fourth-order valence-corrected chi connectivity index (χ4v) is 4.02. The minimum atomic E-state index is -0.281. The summed E-state index contributed by atoms with van der Waals surface area (Å²) in [5.41, 5.74) is 2.03. The Balaban J connectivity index is 1.25. The molecule has 156 valence electrons. The van der Waals surface area contributed by atoms with E-state index >= 15 is 0 Å². The van der Waals surface area contributed by atoms with Gasteiger partial charge in [0.1, 0.15) is 11.6 Å². The Hall–Kier alpha value is -3.20. The van der Waals surface area contributed by atoms with Crippen LogP contribution in [0.4, 0.5) is 10.9 Å². The summed E-state index contributed by atoms with van der Waals surface area (Å²) in [7, 11) is 0. The van der Waals surface area contributed by atoms with Crippen molar-refractivity contribution in [1.82, 2.24) is 15.3 Å². The van der Waals surface area contributed by atoms with Gasteiger partial charge in [0, 0.05) is 31.2 Å². The zero-order chi connectivity index (χ0) is 20.9. The summed E-state index contributed by atoms with van der Waals surface area (Å²) in [5.74, 6) is 1.13. The molecule has 0 bridgehead atoms. The van der Waals surface area contributed by atoms with Gasteiger partial charge >= 0.3 is 0 Å². The average molecular weight is 426 g/mol. The van der Waals surface area contributed by atoms with Crippen molar-refractivity contribution in [2.45, 2.75) is 32.7 Å². The molecule has 0 unspecified atom stereocenters. The maximum atomic E-state index is 12.2. The number of amides is 2. The summed E-state index contributed by atoms with van der Waals surface area (Å²) >= 11 is 1.28. The molecule has 0 saturated carbocycles. The van der Waals surface area contributed by atoms with Crippen LogP contribution in [0.25, 0.3) is 0 Å². The first-order valence-corrected chi connectivity index (χ1v) is 10.7. The molecule has 8 nitrogen and oxygen atoms in total. The van der Waals surface area contributed by atoms with Crippen LogP contribution in [0.3, 0.4) is 0 Å². The number of pyridine rings is 1. The van der Waals surface area contributed by atoms with Crippen molar-refractivity contribution in [3.63, 3.8) is 0 Å². The van der Waals surface area contributed by atoms with E-state index in [0.717, 1.165) is 24.5 Å². The molecule has 9 heteroatoms. The maximum absolute atomic E-state index is 12.2. The Bertz CT molecular complexity index is 1020. The van der Waals surface area contributed by atoms with Crippen molar-refractivity contribution in [1.29, 1.82) is 0 Å². The van der Waals surface area contributed by atoms with E-state index in [1.807, 2.05) is 18.3 Å². The first-order valence-electron chi connectivity index (χ1n) is 9.85. The zero-order valence-corrected chi connectivity index (χ0v) is 17.5. The van der Waals surface area contributed by atoms with Gasteiger partial charge in [-0.2, -0.15) is 0 Å². The van der Waals surface area contributed by atoms with Crippen LogP contribution in [0.2, 0.25) is 0 Å². The number of thiazole rings is 1. The molecule has 0 aromatic carbocycles. The highest BCUT2D eigenvalue weighted by molar-refractivity contribution is 7.14. The Morgan fingerprint density at radius 3 is 2.77 bits per heavy atom. The number of hydrogen-bond acceptors (Lipinski definition) is 7. The van der Waals surface area contributed by atoms with Crippen LogP contribution in [0.5, 0.6) is 0 Å². The van der Waals surface area contributed by atoms with E-state index in [1.165, 1.54) is 30.4 Å². The SMILES string of the molecule is Cc1occc1C(=O)Nc1nc(CC(=O)NCc2ccc(N3CCCC3)nc2)cs1. The van der Waals surface area contributed by atoms with Crippen molar-refractivity contribution in [2.24, 2.45) is 0 Å². The van der Waals surface area contributed by atoms with Gasteiger partial charge in [-0.3, -0.25) is 14.9 Å². The molecule has 2 amide bonds. The highest BCUT2D eigenvalue weighted by atomic mass is 32.1. The van der Waals surface area contributed by atoms with Crippen LogP contribution >= 0.6 is 11.3 Å². The smallest absolute Gasteiger partial charge is 0.260 e. The van der Waals surface area contributed by atoms with Crippen LogP contribution in [0, 0.1) is 6.92 Å². The number of aromatic nitrogens is 2. The van der Waals surface area contributed by atoms with Crippen LogP contribution in [-0.2, 0) is 17.8 Å². The minimum Gasteiger partial charge on any atom is -0.469 e. The summed E-state index contributed by atoms with van der Waals surface area (Å²) in [5, 5.41) is 7.84. The largest absolute Gasteiger partial charge is 0.469 e. The van der Waals surface area contributed by atoms with Gasteiger partial charge in [0.15, 0.2) is 5.13 Å². The van der Waals surface area contributed by atoms with E-state index in [4.69, 9.17) is 4.42 Å². The molecule has 0 atom stereocenters. The van der Waals surface area contributed by atoms with Crippen molar-refractivity contribution < 1.29 is 14.0 Å². The summed E-state index contributed by atoms with van der Waals surface area (Å²) in [6.07, 6.45) is 5.85. The topological polar surface area (TPSA) is 100 Å². The summed E-state index contributed by atoms with van der Waals surface area (Å²) in [6, 6.07) is 5.61. The molecule has 4 heterocycles. The zero-order valence-electron chi connectivity index (χ0n) is 16.7. The number of carbonyl (C=O) groups excluding carboxylic acids is 2. The van der Waals surface area contributed by atoms with E-state index in [-0.39, 0.29) is 18.2 Å². The molecule has 0 spiro atoms. The van der Waals surface area contributed by atoms with Gasteiger partial charge in [-0.1, -0.05) is 6.07 Å². The van der Waals surface area contributed by atoms with Gasteiger partial charge in [-0.25, -0.2) is 9.97 Å². The highest BCUT2D eigenvalue weighted by Gasteiger charge is 2.15. The Labute approximate surface area is 178 Å². The van der Waals surface area contributed by atoms with Gasteiger partial charge in [0.25, 0.3) is 5.91 Å². The second-order valence-electron chi connectivity index (χ2n) is 7.16. The van der Waals surface area contributed by atoms with Crippen LogP contribution in [0.15, 0.2) is 40.5 Å². The first kappa shape index (κ1) is 20.1. The fourth-order valence-electron chi connectivity index (χ4n) is 3.31. The van der Waals surface area contributed by atoms with Gasteiger partial charge in [-0.15, -0.1) is 11.3 Å². The maximum Gasteiger partial charge on any atom is 0.260 e. The lowest BCUT2D eigenvalue weighted by Gasteiger charge is -2.16. The predicted molar refractivity (Wildman–Crippen MR) is 115 cm³/mol. The Kier molecular flexibility index (Phi) is 6.08. The first-order chi connectivity index (χ1) is 14.6. The fraction of sp³-hybridized carbons (Fsp3) is 0.333. The van der Waals surface area contributed by atoms with E-state index in [1.54, 1.807) is 18.4 Å². The van der Waals surface area contributed by atoms with Gasteiger partial charge in [0.2, 0.25) is 5.91 Å². The number of carbonyl (C=O) groups is 2. The Morgan fingerprint density at radius 2 is 2.07 bits per heavy atom. The standard InChI is InChI=1S/C21H23N5O3S/c1-14-17(6-9-29-14)20(28)25-21-24-16(13-30-21)10-19(27)23-12-15-4-5-18(22-11-15)26-7-2-3-8-26/h4-6,9,11,13H,2-3,7-8,10,12H2,1H3,(H,23,27)(H,24,25,28). The second kappa shape index (κ2) is 9.08. The lowest BCUT2D eigenvalue weighted by Crippen LogP contribution is -2.25. The van der Waals surface area contributed by atoms with E-state index in [9.17, 15) is 9.59 Å². The van der Waals surface area contributed by atoms with Gasteiger partial charge in [0.05, 0.1) is 23.9 Å². The van der Waals surface area contributed by atoms with Crippen molar-refractivity contribution >= 4 is 34.1 Å². The lowest BCUT2D eigenvalue weighted by atomic mass is 10.2. The molecule has 0 aliphatic carbocycles. The van der Waals surface area contributed by atoms with Crippen molar-refractivity contribution in [2.75, 3.05) is 23.3 Å². The van der Waals surface area contributed by atoms with Crippen molar-refractivity contribution in [3.8, 4) is 0 Å². The molecule has 4 rings (SSSR count). The van der Waals surface area contributed by atoms with Gasteiger partial charge in [-0.05, 0) is 37.5 Å². The molecule has 1 aliphatic heterocycles. The number of rotatable bonds is 7. The number of furan rings is 1. The van der Waals surface area contributed by atoms with E-state index in [0.29, 0.717) is 28.7 Å².